The van der Waals surface area contributed by atoms with Crippen LogP contribution in [0.2, 0.25) is 0 Å². The maximum absolute atomic E-state index is 10.1. The first-order valence-electron chi connectivity index (χ1n) is 5.65. The molecule has 1 atom stereocenters. The molecule has 3 heteroatoms. The minimum absolute atomic E-state index is 0.636. The molecule has 0 aliphatic rings. The summed E-state index contributed by atoms with van der Waals surface area (Å²) in [5.41, 5.74) is 2.09. The Bertz CT molecular complexity index is 473. The zero-order valence-corrected chi connectivity index (χ0v) is 9.73. The van der Waals surface area contributed by atoms with Gasteiger partial charge in [-0.25, -0.2) is 4.98 Å². The first-order chi connectivity index (χ1) is 7.61. The molecule has 0 spiro atoms. The molecule has 86 valence electrons. The predicted molar refractivity (Wildman–Crippen MR) is 63.2 cm³/mol. The average Bonchev–Trinajstić information content (AvgIpc) is 2.63. The fourth-order valence-electron chi connectivity index (χ4n) is 2.08. The zero-order chi connectivity index (χ0) is 11.6. The third-order valence-corrected chi connectivity index (χ3v) is 2.77. The highest BCUT2D eigenvalue weighted by molar-refractivity contribution is 5.72. The summed E-state index contributed by atoms with van der Waals surface area (Å²) in [6.07, 6.45) is 3.88. The number of hydrogen-bond acceptors (Lipinski definition) is 3. The molecule has 1 aromatic heterocycles. The van der Waals surface area contributed by atoms with Gasteiger partial charge in [-0.3, -0.25) is 0 Å². The molecule has 0 amide bonds. The lowest BCUT2D eigenvalue weighted by Gasteiger charge is -2.22. The Hall–Kier alpha value is -1.35. The molecule has 1 aromatic carbocycles. The van der Waals surface area contributed by atoms with Gasteiger partial charge in [-0.05, 0) is 31.0 Å². The van der Waals surface area contributed by atoms with E-state index in [9.17, 15) is 5.11 Å². The van der Waals surface area contributed by atoms with Crippen LogP contribution in [0.3, 0.4) is 0 Å². The molecule has 0 bridgehead atoms. The molecule has 1 unspecified atom stereocenters. The number of aliphatic hydroxyl groups is 1. The lowest BCUT2D eigenvalue weighted by molar-refractivity contribution is 0.0506. The van der Waals surface area contributed by atoms with Gasteiger partial charge in [-0.15, -0.1) is 0 Å². The predicted octanol–water partition coefficient (Wildman–Crippen LogP) is 2.92. The summed E-state index contributed by atoms with van der Waals surface area (Å²) in [4.78, 5) is 4.06. The summed E-state index contributed by atoms with van der Waals surface area (Å²) in [6.45, 7) is 3.95. The summed E-state index contributed by atoms with van der Waals surface area (Å²) in [6, 6.07) is 5.87. The second kappa shape index (κ2) is 4.26. The van der Waals surface area contributed by atoms with Crippen molar-refractivity contribution >= 4 is 11.1 Å². The Morgan fingerprint density at radius 2 is 2.25 bits per heavy atom. The largest absolute Gasteiger partial charge is 0.443 e. The number of oxazole rings is 1. The molecule has 0 saturated heterocycles. The van der Waals surface area contributed by atoms with Crippen LogP contribution in [-0.4, -0.2) is 15.7 Å². The third kappa shape index (κ3) is 2.42. The van der Waals surface area contributed by atoms with Gasteiger partial charge in [0.25, 0.3) is 0 Å². The van der Waals surface area contributed by atoms with Gasteiger partial charge in [0.15, 0.2) is 12.0 Å². The van der Waals surface area contributed by atoms with Gasteiger partial charge in [-0.1, -0.05) is 19.4 Å². The maximum Gasteiger partial charge on any atom is 0.181 e. The van der Waals surface area contributed by atoms with Gasteiger partial charge in [0.05, 0.1) is 5.60 Å². The van der Waals surface area contributed by atoms with Crippen molar-refractivity contribution in [1.29, 1.82) is 0 Å². The molecule has 2 rings (SSSR count). The van der Waals surface area contributed by atoms with Gasteiger partial charge in [0.2, 0.25) is 0 Å². The summed E-state index contributed by atoms with van der Waals surface area (Å²) in [7, 11) is 0. The maximum atomic E-state index is 10.1. The molecule has 0 radical (unpaired) electrons. The van der Waals surface area contributed by atoms with Crippen LogP contribution in [0.5, 0.6) is 0 Å². The van der Waals surface area contributed by atoms with Crippen molar-refractivity contribution in [3.05, 3.63) is 30.2 Å². The second-order valence-electron chi connectivity index (χ2n) is 4.58. The van der Waals surface area contributed by atoms with E-state index in [2.05, 4.69) is 11.9 Å². The van der Waals surface area contributed by atoms with Gasteiger partial charge < -0.3 is 9.52 Å². The smallest absolute Gasteiger partial charge is 0.181 e. The molecule has 1 N–H and O–H groups in total. The van der Waals surface area contributed by atoms with Crippen LogP contribution in [0.15, 0.2) is 29.0 Å². The zero-order valence-electron chi connectivity index (χ0n) is 9.73. The van der Waals surface area contributed by atoms with E-state index in [1.54, 1.807) is 0 Å². The lowest BCUT2D eigenvalue weighted by Crippen LogP contribution is -2.26. The summed E-state index contributed by atoms with van der Waals surface area (Å²) in [5.74, 6) is 0. The first-order valence-corrected chi connectivity index (χ1v) is 5.65. The summed E-state index contributed by atoms with van der Waals surface area (Å²) >= 11 is 0. The molecule has 0 saturated carbocycles. The second-order valence-corrected chi connectivity index (χ2v) is 4.58. The van der Waals surface area contributed by atoms with E-state index >= 15 is 0 Å². The highest BCUT2D eigenvalue weighted by atomic mass is 16.3. The van der Waals surface area contributed by atoms with Gasteiger partial charge >= 0.3 is 0 Å². The van der Waals surface area contributed by atoms with E-state index in [4.69, 9.17) is 4.42 Å². The Kier molecular flexibility index (Phi) is 2.97. The molecule has 2 aromatic rings. The average molecular weight is 219 g/mol. The fraction of sp³-hybridized carbons (Fsp3) is 0.462. The normalized spacial score (nSPS) is 15.2. The van der Waals surface area contributed by atoms with Crippen LogP contribution in [0.4, 0.5) is 0 Å². The van der Waals surface area contributed by atoms with Crippen LogP contribution >= 0.6 is 0 Å². The standard InChI is InChI=1S/C13H17NO2/c1-3-6-13(2,15)8-10-4-5-11-12(7-10)16-9-14-11/h4-5,7,9,15H,3,6,8H2,1-2H3. The number of fused-ring (bicyclic) bond motifs is 1. The number of hydrogen-bond donors (Lipinski definition) is 1. The number of nitrogens with zero attached hydrogens (tertiary/aromatic N) is 1. The SMILES string of the molecule is CCCC(C)(O)Cc1ccc2ncoc2c1. The Morgan fingerprint density at radius 1 is 1.44 bits per heavy atom. The number of aromatic nitrogens is 1. The van der Waals surface area contributed by atoms with Gasteiger partial charge in [0, 0.05) is 6.42 Å². The molecule has 1 heterocycles. The topological polar surface area (TPSA) is 46.3 Å². The van der Waals surface area contributed by atoms with E-state index < -0.39 is 5.60 Å². The van der Waals surface area contributed by atoms with Crippen molar-refractivity contribution in [3.63, 3.8) is 0 Å². The fourth-order valence-corrected chi connectivity index (χ4v) is 2.08. The van der Waals surface area contributed by atoms with E-state index in [1.807, 2.05) is 25.1 Å². The molecule has 0 aliphatic carbocycles. The summed E-state index contributed by atoms with van der Waals surface area (Å²) < 4.78 is 5.24. The van der Waals surface area contributed by atoms with E-state index in [1.165, 1.54) is 6.39 Å². The van der Waals surface area contributed by atoms with Crippen molar-refractivity contribution < 1.29 is 9.52 Å². The molecule has 3 nitrogen and oxygen atoms in total. The van der Waals surface area contributed by atoms with Crippen molar-refractivity contribution in [3.8, 4) is 0 Å². The Balaban J connectivity index is 2.20. The van der Waals surface area contributed by atoms with Crippen molar-refractivity contribution in [1.82, 2.24) is 4.98 Å². The van der Waals surface area contributed by atoms with Crippen molar-refractivity contribution in [2.45, 2.75) is 38.7 Å². The first kappa shape index (κ1) is 11.1. The van der Waals surface area contributed by atoms with Crippen LogP contribution in [-0.2, 0) is 6.42 Å². The lowest BCUT2D eigenvalue weighted by atomic mass is 9.92. The third-order valence-electron chi connectivity index (χ3n) is 2.77. The highest BCUT2D eigenvalue weighted by Crippen LogP contribution is 2.21. The molecular weight excluding hydrogens is 202 g/mol. The van der Waals surface area contributed by atoms with E-state index in [0.717, 1.165) is 29.5 Å². The molecular formula is C13H17NO2. The minimum Gasteiger partial charge on any atom is -0.443 e. The van der Waals surface area contributed by atoms with E-state index in [0.29, 0.717) is 6.42 Å². The molecule has 0 fully saturated rings. The highest BCUT2D eigenvalue weighted by Gasteiger charge is 2.19. The number of rotatable bonds is 4. The van der Waals surface area contributed by atoms with Crippen molar-refractivity contribution in [2.24, 2.45) is 0 Å². The number of benzene rings is 1. The van der Waals surface area contributed by atoms with Crippen LogP contribution in [0.1, 0.15) is 32.3 Å². The van der Waals surface area contributed by atoms with Crippen LogP contribution in [0.25, 0.3) is 11.1 Å². The van der Waals surface area contributed by atoms with Gasteiger partial charge in [0.1, 0.15) is 5.52 Å². The van der Waals surface area contributed by atoms with Crippen LogP contribution < -0.4 is 0 Å². The monoisotopic (exact) mass is 219 g/mol. The van der Waals surface area contributed by atoms with E-state index in [-0.39, 0.29) is 0 Å². The Labute approximate surface area is 95.1 Å². The molecule has 16 heavy (non-hydrogen) atoms. The quantitative estimate of drug-likeness (QED) is 0.860. The summed E-state index contributed by atoms with van der Waals surface area (Å²) in [5, 5.41) is 10.1. The van der Waals surface area contributed by atoms with Crippen LogP contribution in [0, 0.1) is 0 Å². The van der Waals surface area contributed by atoms with Crippen molar-refractivity contribution in [2.75, 3.05) is 0 Å². The van der Waals surface area contributed by atoms with Gasteiger partial charge in [-0.2, -0.15) is 0 Å². The Morgan fingerprint density at radius 3 is 3.00 bits per heavy atom. The molecule has 0 aliphatic heterocycles. The minimum atomic E-state index is -0.636.